The molecule has 1 unspecified atom stereocenters. The molecule has 3 rings (SSSR count). The third-order valence-corrected chi connectivity index (χ3v) is 4.98. The molecule has 1 saturated heterocycles. The summed E-state index contributed by atoms with van der Waals surface area (Å²) in [5.41, 5.74) is 2.27. The molecule has 0 amide bonds. The summed E-state index contributed by atoms with van der Waals surface area (Å²) in [6, 6.07) is 12.9. The lowest BCUT2D eigenvalue weighted by molar-refractivity contribution is 0.283. The SMILES string of the molecule is CCC(C)Nc1cc(C)nc(N2CCN(C/C=C/c3ccccc3)CC2)n1. The number of rotatable bonds is 7. The fraction of sp³-hybridized carbons (Fsp3) is 0.455. The van der Waals surface area contributed by atoms with Gasteiger partial charge in [0.05, 0.1) is 0 Å². The number of piperazine rings is 1. The first kappa shape index (κ1) is 19.4. The van der Waals surface area contributed by atoms with Crippen LogP contribution in [-0.2, 0) is 0 Å². The first-order valence-corrected chi connectivity index (χ1v) is 9.95. The van der Waals surface area contributed by atoms with Gasteiger partial charge >= 0.3 is 0 Å². The van der Waals surface area contributed by atoms with Crippen LogP contribution in [0.4, 0.5) is 11.8 Å². The fourth-order valence-electron chi connectivity index (χ4n) is 3.16. The molecule has 5 nitrogen and oxygen atoms in total. The van der Waals surface area contributed by atoms with Gasteiger partial charge in [-0.3, -0.25) is 4.90 Å². The highest BCUT2D eigenvalue weighted by molar-refractivity contribution is 5.49. The average Bonchev–Trinajstić information content (AvgIpc) is 2.69. The van der Waals surface area contributed by atoms with Gasteiger partial charge in [0.15, 0.2) is 0 Å². The Morgan fingerprint density at radius 1 is 1.11 bits per heavy atom. The number of aromatic nitrogens is 2. The molecule has 0 aliphatic carbocycles. The maximum atomic E-state index is 4.74. The van der Waals surface area contributed by atoms with Crippen molar-refractivity contribution >= 4 is 17.8 Å². The summed E-state index contributed by atoms with van der Waals surface area (Å²) in [5, 5.41) is 3.47. The number of hydrogen-bond acceptors (Lipinski definition) is 5. The Morgan fingerprint density at radius 3 is 2.56 bits per heavy atom. The highest BCUT2D eigenvalue weighted by atomic mass is 15.3. The summed E-state index contributed by atoms with van der Waals surface area (Å²) in [4.78, 5) is 14.2. The second-order valence-electron chi connectivity index (χ2n) is 7.25. The zero-order chi connectivity index (χ0) is 19.1. The summed E-state index contributed by atoms with van der Waals surface area (Å²) in [7, 11) is 0. The first-order chi connectivity index (χ1) is 13.1. The molecule has 1 aliphatic rings. The Morgan fingerprint density at radius 2 is 1.85 bits per heavy atom. The van der Waals surface area contributed by atoms with E-state index in [1.165, 1.54) is 5.56 Å². The maximum Gasteiger partial charge on any atom is 0.227 e. The van der Waals surface area contributed by atoms with E-state index in [0.29, 0.717) is 6.04 Å². The molecule has 144 valence electrons. The highest BCUT2D eigenvalue weighted by Crippen LogP contribution is 2.17. The molecule has 0 radical (unpaired) electrons. The molecule has 0 bridgehead atoms. The van der Waals surface area contributed by atoms with Gasteiger partial charge in [-0.2, -0.15) is 4.98 Å². The van der Waals surface area contributed by atoms with Gasteiger partial charge in [-0.05, 0) is 25.8 Å². The van der Waals surface area contributed by atoms with E-state index in [0.717, 1.165) is 56.6 Å². The van der Waals surface area contributed by atoms with Crippen molar-refractivity contribution in [1.29, 1.82) is 0 Å². The van der Waals surface area contributed by atoms with Crippen molar-refractivity contribution in [2.45, 2.75) is 33.2 Å². The van der Waals surface area contributed by atoms with Crippen LogP contribution in [0.5, 0.6) is 0 Å². The lowest BCUT2D eigenvalue weighted by atomic mass is 10.2. The average molecular weight is 366 g/mol. The number of nitrogens with one attached hydrogen (secondary N) is 1. The van der Waals surface area contributed by atoms with Gasteiger partial charge in [-0.1, -0.05) is 49.4 Å². The number of anilines is 2. The molecule has 1 atom stereocenters. The van der Waals surface area contributed by atoms with E-state index in [1.54, 1.807) is 0 Å². The Hall–Kier alpha value is -2.40. The Balaban J connectivity index is 1.53. The molecule has 5 heteroatoms. The fourth-order valence-corrected chi connectivity index (χ4v) is 3.16. The van der Waals surface area contributed by atoms with Crippen molar-refractivity contribution in [1.82, 2.24) is 14.9 Å². The first-order valence-electron chi connectivity index (χ1n) is 9.95. The predicted molar refractivity (Wildman–Crippen MR) is 114 cm³/mol. The van der Waals surface area contributed by atoms with E-state index in [4.69, 9.17) is 4.98 Å². The van der Waals surface area contributed by atoms with E-state index in [2.05, 4.69) is 70.4 Å². The van der Waals surface area contributed by atoms with Crippen molar-refractivity contribution in [2.75, 3.05) is 42.9 Å². The van der Waals surface area contributed by atoms with Crippen LogP contribution in [0.1, 0.15) is 31.5 Å². The van der Waals surface area contributed by atoms with Gasteiger partial charge in [-0.15, -0.1) is 0 Å². The molecule has 1 aromatic carbocycles. The Kier molecular flexibility index (Phi) is 6.82. The van der Waals surface area contributed by atoms with Crippen molar-refractivity contribution in [3.05, 3.63) is 53.7 Å². The molecule has 1 N–H and O–H groups in total. The zero-order valence-corrected chi connectivity index (χ0v) is 16.7. The third-order valence-electron chi connectivity index (χ3n) is 4.98. The largest absolute Gasteiger partial charge is 0.367 e. The van der Waals surface area contributed by atoms with E-state index >= 15 is 0 Å². The molecule has 2 heterocycles. The maximum absolute atomic E-state index is 4.74. The summed E-state index contributed by atoms with van der Waals surface area (Å²) < 4.78 is 0. The van der Waals surface area contributed by atoms with Crippen molar-refractivity contribution in [3.8, 4) is 0 Å². The number of aryl methyl sites for hydroxylation is 1. The lowest BCUT2D eigenvalue weighted by Crippen LogP contribution is -2.47. The topological polar surface area (TPSA) is 44.3 Å². The van der Waals surface area contributed by atoms with Gasteiger partial charge in [-0.25, -0.2) is 4.98 Å². The molecule has 1 aliphatic heterocycles. The molecular weight excluding hydrogens is 334 g/mol. The van der Waals surface area contributed by atoms with Crippen molar-refractivity contribution in [2.24, 2.45) is 0 Å². The van der Waals surface area contributed by atoms with Crippen LogP contribution >= 0.6 is 0 Å². The monoisotopic (exact) mass is 365 g/mol. The molecule has 0 spiro atoms. The van der Waals surface area contributed by atoms with E-state index in [9.17, 15) is 0 Å². The second kappa shape index (κ2) is 9.51. The quantitative estimate of drug-likeness (QED) is 0.808. The summed E-state index contributed by atoms with van der Waals surface area (Å²) >= 11 is 0. The van der Waals surface area contributed by atoms with Crippen LogP contribution in [0.2, 0.25) is 0 Å². The van der Waals surface area contributed by atoms with Gasteiger partial charge in [0.1, 0.15) is 5.82 Å². The summed E-state index contributed by atoms with van der Waals surface area (Å²) in [6.45, 7) is 11.4. The van der Waals surface area contributed by atoms with E-state index in [1.807, 2.05) is 19.1 Å². The van der Waals surface area contributed by atoms with Crippen LogP contribution in [-0.4, -0.2) is 53.6 Å². The van der Waals surface area contributed by atoms with E-state index in [-0.39, 0.29) is 0 Å². The van der Waals surface area contributed by atoms with Gasteiger partial charge in [0, 0.05) is 50.5 Å². The van der Waals surface area contributed by atoms with Crippen molar-refractivity contribution < 1.29 is 0 Å². The van der Waals surface area contributed by atoms with Crippen molar-refractivity contribution in [3.63, 3.8) is 0 Å². The predicted octanol–water partition coefficient (Wildman–Crippen LogP) is 3.83. The van der Waals surface area contributed by atoms with Crippen LogP contribution in [0.25, 0.3) is 6.08 Å². The minimum atomic E-state index is 0.417. The molecule has 1 aromatic heterocycles. The highest BCUT2D eigenvalue weighted by Gasteiger charge is 2.19. The van der Waals surface area contributed by atoms with Crippen LogP contribution in [0.15, 0.2) is 42.5 Å². The van der Waals surface area contributed by atoms with Crippen LogP contribution in [0, 0.1) is 6.92 Å². The Labute approximate surface area is 163 Å². The smallest absolute Gasteiger partial charge is 0.227 e. The molecule has 27 heavy (non-hydrogen) atoms. The second-order valence-corrected chi connectivity index (χ2v) is 7.25. The van der Waals surface area contributed by atoms with Gasteiger partial charge < -0.3 is 10.2 Å². The number of benzene rings is 1. The lowest BCUT2D eigenvalue weighted by Gasteiger charge is -2.34. The van der Waals surface area contributed by atoms with Crippen LogP contribution in [0.3, 0.4) is 0 Å². The van der Waals surface area contributed by atoms with Gasteiger partial charge in [0.25, 0.3) is 0 Å². The molecular formula is C22H31N5. The summed E-state index contributed by atoms with van der Waals surface area (Å²) in [6.07, 6.45) is 5.53. The third kappa shape index (κ3) is 5.79. The number of hydrogen-bond donors (Lipinski definition) is 1. The van der Waals surface area contributed by atoms with Crippen LogP contribution < -0.4 is 10.2 Å². The standard InChI is InChI=1S/C22H31N5/c1-4-18(2)23-21-17-19(3)24-22(25-21)27-15-13-26(14-16-27)12-8-11-20-9-6-5-7-10-20/h5-11,17-18H,4,12-16H2,1-3H3,(H,23,24,25)/b11-8+. The molecule has 0 saturated carbocycles. The molecule has 2 aromatic rings. The zero-order valence-electron chi connectivity index (χ0n) is 16.7. The Bertz CT molecular complexity index is 736. The van der Waals surface area contributed by atoms with E-state index < -0.39 is 0 Å². The van der Waals surface area contributed by atoms with Gasteiger partial charge in [0.2, 0.25) is 5.95 Å². The minimum absolute atomic E-state index is 0.417. The number of nitrogens with zero attached hydrogens (tertiary/aromatic N) is 4. The normalized spacial score (nSPS) is 16.6. The minimum Gasteiger partial charge on any atom is -0.367 e. The molecule has 1 fully saturated rings. The summed E-state index contributed by atoms with van der Waals surface area (Å²) in [5.74, 6) is 1.78.